The zero-order valence-electron chi connectivity index (χ0n) is 13.0. The Morgan fingerprint density at radius 1 is 1.43 bits per heavy atom. The Morgan fingerprint density at radius 3 is 2.76 bits per heavy atom. The molecule has 0 radical (unpaired) electrons. The fourth-order valence-electron chi connectivity index (χ4n) is 2.93. The third-order valence-electron chi connectivity index (χ3n) is 4.42. The van der Waals surface area contributed by atoms with Gasteiger partial charge in [-0.25, -0.2) is 0 Å². The Kier molecular flexibility index (Phi) is 5.76. The van der Waals surface area contributed by atoms with E-state index in [4.69, 9.17) is 10.5 Å². The molecule has 21 heavy (non-hydrogen) atoms. The Hall–Kier alpha value is -1.39. The molecular weight excluding hydrogens is 264 g/mol. The highest BCUT2D eigenvalue weighted by atomic mass is 16.5. The maximum Gasteiger partial charge on any atom is 0.230 e. The second-order valence-electron chi connectivity index (χ2n) is 5.77. The third-order valence-corrected chi connectivity index (χ3v) is 4.42. The van der Waals surface area contributed by atoms with Gasteiger partial charge in [-0.05, 0) is 11.5 Å². The van der Waals surface area contributed by atoms with Crippen LogP contribution in [0.1, 0.15) is 31.7 Å². The topological polar surface area (TPSA) is 55.6 Å². The average molecular weight is 290 g/mol. The number of hydrogen-bond acceptors (Lipinski definition) is 3. The van der Waals surface area contributed by atoms with Gasteiger partial charge in [0.1, 0.15) is 0 Å². The summed E-state index contributed by atoms with van der Waals surface area (Å²) in [6.07, 6.45) is 0.975. The minimum Gasteiger partial charge on any atom is -0.377 e. The number of hydrogen-bond donors (Lipinski definition) is 1. The van der Waals surface area contributed by atoms with Crippen LogP contribution in [-0.4, -0.2) is 43.2 Å². The lowest BCUT2D eigenvalue weighted by molar-refractivity contribution is -0.142. The number of ether oxygens (including phenoxy) is 1. The Labute approximate surface area is 127 Å². The predicted octanol–water partition coefficient (Wildman–Crippen LogP) is 2.00. The van der Waals surface area contributed by atoms with Crippen molar-refractivity contribution in [2.45, 2.75) is 32.2 Å². The van der Waals surface area contributed by atoms with Gasteiger partial charge in [-0.3, -0.25) is 4.79 Å². The summed E-state index contributed by atoms with van der Waals surface area (Å²) in [5.41, 5.74) is 6.90. The van der Waals surface area contributed by atoms with Gasteiger partial charge in [0, 0.05) is 13.1 Å². The summed E-state index contributed by atoms with van der Waals surface area (Å²) >= 11 is 0. The van der Waals surface area contributed by atoms with Crippen LogP contribution in [0.3, 0.4) is 0 Å². The maximum absolute atomic E-state index is 13.1. The number of carbonyl (C=O) groups excluding carboxylic acids is 1. The molecule has 2 rings (SSSR count). The zero-order chi connectivity index (χ0) is 15.2. The van der Waals surface area contributed by atoms with E-state index in [-0.39, 0.29) is 17.9 Å². The van der Waals surface area contributed by atoms with Crippen molar-refractivity contribution < 1.29 is 9.53 Å². The number of amides is 1. The molecule has 1 fully saturated rings. The Bertz CT molecular complexity index is 449. The van der Waals surface area contributed by atoms with E-state index >= 15 is 0 Å². The molecule has 3 atom stereocenters. The largest absolute Gasteiger partial charge is 0.377 e. The lowest BCUT2D eigenvalue weighted by Crippen LogP contribution is -2.53. The summed E-state index contributed by atoms with van der Waals surface area (Å²) in [5, 5.41) is 0. The normalized spacial score (nSPS) is 21.9. The smallest absolute Gasteiger partial charge is 0.230 e. The molecule has 1 aliphatic rings. The first-order chi connectivity index (χ1) is 10.2. The number of benzene rings is 1. The lowest BCUT2D eigenvalue weighted by Gasteiger charge is -2.38. The van der Waals surface area contributed by atoms with Crippen LogP contribution in [0, 0.1) is 5.92 Å². The lowest BCUT2D eigenvalue weighted by atomic mass is 9.84. The van der Waals surface area contributed by atoms with Crippen LogP contribution in [0.15, 0.2) is 30.3 Å². The van der Waals surface area contributed by atoms with E-state index in [0.29, 0.717) is 32.2 Å². The summed E-state index contributed by atoms with van der Waals surface area (Å²) in [5.74, 6) is 0.402. The van der Waals surface area contributed by atoms with Crippen LogP contribution >= 0.6 is 0 Å². The van der Waals surface area contributed by atoms with Gasteiger partial charge in [-0.1, -0.05) is 50.6 Å². The molecule has 116 valence electrons. The molecule has 1 saturated heterocycles. The molecule has 4 nitrogen and oxygen atoms in total. The molecule has 1 aromatic carbocycles. The van der Waals surface area contributed by atoms with Gasteiger partial charge >= 0.3 is 0 Å². The number of nitrogens with two attached hydrogens (primary N) is 1. The fraction of sp³-hybridized carbons (Fsp3) is 0.588. The van der Waals surface area contributed by atoms with Crippen LogP contribution in [0.2, 0.25) is 0 Å². The molecule has 0 spiro atoms. The molecule has 1 heterocycles. The molecule has 4 heteroatoms. The first-order valence-electron chi connectivity index (χ1n) is 7.82. The van der Waals surface area contributed by atoms with Gasteiger partial charge in [0.05, 0.1) is 25.2 Å². The standard InChI is InChI=1S/C17H26N2O2/c1-3-13(2)16(14-7-5-4-6-8-14)17(20)19-9-10-21-12-15(19)11-18/h4-8,13,15-16H,3,9-12,18H2,1-2H3. The van der Waals surface area contributed by atoms with Gasteiger partial charge in [0.2, 0.25) is 5.91 Å². The van der Waals surface area contributed by atoms with E-state index in [1.165, 1.54) is 0 Å². The molecule has 3 unspecified atom stereocenters. The summed E-state index contributed by atoms with van der Waals surface area (Å²) in [4.78, 5) is 15.0. The zero-order valence-corrected chi connectivity index (χ0v) is 13.0. The second-order valence-corrected chi connectivity index (χ2v) is 5.77. The first kappa shape index (κ1) is 16.0. The highest BCUT2D eigenvalue weighted by molar-refractivity contribution is 5.84. The van der Waals surface area contributed by atoms with Gasteiger partial charge in [-0.15, -0.1) is 0 Å². The number of carbonyl (C=O) groups is 1. The van der Waals surface area contributed by atoms with Crippen LogP contribution < -0.4 is 5.73 Å². The molecule has 0 aromatic heterocycles. The van der Waals surface area contributed by atoms with Crippen molar-refractivity contribution in [3.63, 3.8) is 0 Å². The highest BCUT2D eigenvalue weighted by Crippen LogP contribution is 2.30. The molecule has 0 aliphatic carbocycles. The average Bonchev–Trinajstić information content (AvgIpc) is 2.55. The van der Waals surface area contributed by atoms with Crippen LogP contribution in [0.25, 0.3) is 0 Å². The van der Waals surface area contributed by atoms with Crippen molar-refractivity contribution in [3.8, 4) is 0 Å². The van der Waals surface area contributed by atoms with Crippen LogP contribution in [0.5, 0.6) is 0 Å². The first-order valence-corrected chi connectivity index (χ1v) is 7.82. The summed E-state index contributed by atoms with van der Waals surface area (Å²) < 4.78 is 5.45. The van der Waals surface area contributed by atoms with Crippen molar-refractivity contribution in [2.24, 2.45) is 11.7 Å². The SMILES string of the molecule is CCC(C)C(C(=O)N1CCOCC1CN)c1ccccc1. The monoisotopic (exact) mass is 290 g/mol. The van der Waals surface area contributed by atoms with Crippen molar-refractivity contribution in [3.05, 3.63) is 35.9 Å². The Balaban J connectivity index is 2.25. The van der Waals surface area contributed by atoms with Crippen molar-refractivity contribution >= 4 is 5.91 Å². The van der Waals surface area contributed by atoms with E-state index in [0.717, 1.165) is 12.0 Å². The van der Waals surface area contributed by atoms with Gasteiger partial charge < -0.3 is 15.4 Å². The Morgan fingerprint density at radius 2 is 2.14 bits per heavy atom. The third kappa shape index (κ3) is 3.63. The van der Waals surface area contributed by atoms with Crippen LogP contribution in [0.4, 0.5) is 0 Å². The van der Waals surface area contributed by atoms with Crippen LogP contribution in [-0.2, 0) is 9.53 Å². The molecule has 0 saturated carbocycles. The summed E-state index contributed by atoms with van der Waals surface area (Å²) in [6.45, 7) is 6.52. The minimum atomic E-state index is -0.0941. The molecule has 0 bridgehead atoms. The highest BCUT2D eigenvalue weighted by Gasteiger charge is 2.34. The van der Waals surface area contributed by atoms with Gasteiger partial charge in [0.25, 0.3) is 0 Å². The predicted molar refractivity (Wildman–Crippen MR) is 84.0 cm³/mol. The van der Waals surface area contributed by atoms with E-state index < -0.39 is 0 Å². The summed E-state index contributed by atoms with van der Waals surface area (Å²) in [6, 6.07) is 10.1. The molecule has 1 amide bonds. The van der Waals surface area contributed by atoms with Crippen molar-refractivity contribution in [1.82, 2.24) is 4.90 Å². The number of morpholine rings is 1. The number of rotatable bonds is 5. The van der Waals surface area contributed by atoms with Gasteiger partial charge in [0.15, 0.2) is 0 Å². The van der Waals surface area contributed by atoms with E-state index in [1.807, 2.05) is 35.2 Å². The molecule has 2 N–H and O–H groups in total. The number of nitrogens with zero attached hydrogens (tertiary/aromatic N) is 1. The molecule has 1 aromatic rings. The fourth-order valence-corrected chi connectivity index (χ4v) is 2.93. The van der Waals surface area contributed by atoms with E-state index in [2.05, 4.69) is 13.8 Å². The summed E-state index contributed by atoms with van der Waals surface area (Å²) in [7, 11) is 0. The minimum absolute atomic E-state index is 0.00141. The second kappa shape index (κ2) is 7.57. The van der Waals surface area contributed by atoms with E-state index in [1.54, 1.807) is 0 Å². The van der Waals surface area contributed by atoms with Crippen molar-refractivity contribution in [2.75, 3.05) is 26.3 Å². The van der Waals surface area contributed by atoms with Gasteiger partial charge in [-0.2, -0.15) is 0 Å². The quantitative estimate of drug-likeness (QED) is 0.902. The molecule has 1 aliphatic heterocycles. The maximum atomic E-state index is 13.1. The van der Waals surface area contributed by atoms with E-state index in [9.17, 15) is 4.79 Å². The van der Waals surface area contributed by atoms with Crippen molar-refractivity contribution in [1.29, 1.82) is 0 Å². The molecular formula is C17H26N2O2.